The predicted molar refractivity (Wildman–Crippen MR) is 73.6 cm³/mol. The Morgan fingerprint density at radius 1 is 1.50 bits per heavy atom. The summed E-state index contributed by atoms with van der Waals surface area (Å²) in [4.78, 5) is 14.2. The molecule has 0 aliphatic carbocycles. The van der Waals surface area contributed by atoms with E-state index in [1.165, 1.54) is 20.0 Å². The van der Waals surface area contributed by atoms with Crippen LogP contribution >= 0.6 is 0 Å². The van der Waals surface area contributed by atoms with Gasteiger partial charge in [0.05, 0.1) is 12.5 Å². The molecule has 4 nitrogen and oxygen atoms in total. The Hall–Kier alpha value is -0.610. The van der Waals surface area contributed by atoms with E-state index in [0.717, 1.165) is 32.6 Å². The second kappa shape index (κ2) is 7.10. The van der Waals surface area contributed by atoms with Crippen LogP contribution in [0.3, 0.4) is 0 Å². The third-order valence-corrected chi connectivity index (χ3v) is 3.63. The number of rotatable bonds is 6. The molecule has 1 aliphatic heterocycles. The summed E-state index contributed by atoms with van der Waals surface area (Å²) >= 11 is 0. The Morgan fingerprint density at radius 3 is 2.72 bits per heavy atom. The highest BCUT2D eigenvalue weighted by molar-refractivity contribution is 5.76. The zero-order valence-corrected chi connectivity index (χ0v) is 12.3. The van der Waals surface area contributed by atoms with Gasteiger partial charge in [0.25, 0.3) is 0 Å². The van der Waals surface area contributed by atoms with Gasteiger partial charge in [0.15, 0.2) is 0 Å². The SMILES string of the molecule is CCCN(CC(C)(C)C(=O)OC)C1CCCNC1. The van der Waals surface area contributed by atoms with E-state index < -0.39 is 5.41 Å². The smallest absolute Gasteiger partial charge is 0.312 e. The fraction of sp³-hybridized carbons (Fsp3) is 0.929. The van der Waals surface area contributed by atoms with Gasteiger partial charge >= 0.3 is 5.97 Å². The molecular weight excluding hydrogens is 228 g/mol. The molecule has 1 atom stereocenters. The van der Waals surface area contributed by atoms with Gasteiger partial charge in [0, 0.05) is 19.1 Å². The van der Waals surface area contributed by atoms with E-state index in [4.69, 9.17) is 4.74 Å². The number of piperidine rings is 1. The normalized spacial score (nSPS) is 21.1. The quantitative estimate of drug-likeness (QED) is 0.734. The van der Waals surface area contributed by atoms with Crippen LogP contribution in [-0.2, 0) is 9.53 Å². The van der Waals surface area contributed by atoms with E-state index in [0.29, 0.717) is 6.04 Å². The van der Waals surface area contributed by atoms with Gasteiger partial charge in [0.1, 0.15) is 0 Å². The van der Waals surface area contributed by atoms with Crippen LogP contribution in [0.15, 0.2) is 0 Å². The van der Waals surface area contributed by atoms with Crippen molar-refractivity contribution in [3.05, 3.63) is 0 Å². The highest BCUT2D eigenvalue weighted by atomic mass is 16.5. The lowest BCUT2D eigenvalue weighted by Gasteiger charge is -2.38. The second-order valence-corrected chi connectivity index (χ2v) is 5.85. The van der Waals surface area contributed by atoms with Gasteiger partial charge in [-0.05, 0) is 46.2 Å². The molecule has 0 aromatic heterocycles. The van der Waals surface area contributed by atoms with Gasteiger partial charge in [-0.2, -0.15) is 0 Å². The molecule has 0 bridgehead atoms. The molecule has 1 saturated heterocycles. The van der Waals surface area contributed by atoms with Gasteiger partial charge in [-0.15, -0.1) is 0 Å². The van der Waals surface area contributed by atoms with Crippen LogP contribution in [0.25, 0.3) is 0 Å². The number of carbonyl (C=O) groups excluding carboxylic acids is 1. The highest BCUT2D eigenvalue weighted by Crippen LogP contribution is 2.22. The first-order valence-corrected chi connectivity index (χ1v) is 7.04. The molecular formula is C14H28N2O2. The van der Waals surface area contributed by atoms with Crippen LogP contribution in [0, 0.1) is 5.41 Å². The molecule has 1 heterocycles. The maximum atomic E-state index is 11.8. The molecule has 0 spiro atoms. The van der Waals surface area contributed by atoms with Crippen molar-refractivity contribution in [1.82, 2.24) is 10.2 Å². The standard InChI is InChI=1S/C14H28N2O2/c1-5-9-16(12-7-6-8-15-10-12)11-14(2,3)13(17)18-4/h12,15H,5-11H2,1-4H3. The largest absolute Gasteiger partial charge is 0.469 e. The Labute approximate surface area is 111 Å². The van der Waals surface area contributed by atoms with E-state index in [1.54, 1.807) is 0 Å². The van der Waals surface area contributed by atoms with Crippen LogP contribution in [0.5, 0.6) is 0 Å². The molecule has 1 fully saturated rings. The molecule has 1 unspecified atom stereocenters. The third kappa shape index (κ3) is 4.25. The molecule has 4 heteroatoms. The number of ether oxygens (including phenoxy) is 1. The first-order valence-electron chi connectivity index (χ1n) is 7.04. The minimum atomic E-state index is -0.429. The number of nitrogens with zero attached hydrogens (tertiary/aromatic N) is 1. The van der Waals surface area contributed by atoms with Gasteiger partial charge in [-0.25, -0.2) is 0 Å². The summed E-state index contributed by atoms with van der Waals surface area (Å²) in [5, 5.41) is 3.44. The zero-order chi connectivity index (χ0) is 13.6. The summed E-state index contributed by atoms with van der Waals surface area (Å²) in [6, 6.07) is 0.558. The molecule has 1 aliphatic rings. The monoisotopic (exact) mass is 256 g/mol. The summed E-state index contributed by atoms with van der Waals surface area (Å²) in [6.45, 7) is 10.1. The van der Waals surface area contributed by atoms with Crippen molar-refractivity contribution < 1.29 is 9.53 Å². The molecule has 0 aromatic rings. The Kier molecular flexibility index (Phi) is 6.09. The lowest BCUT2D eigenvalue weighted by atomic mass is 9.91. The first kappa shape index (κ1) is 15.4. The number of methoxy groups -OCH3 is 1. The Bertz CT molecular complexity index is 261. The lowest BCUT2D eigenvalue weighted by molar-refractivity contribution is -0.152. The van der Waals surface area contributed by atoms with Crippen molar-refractivity contribution in [3.8, 4) is 0 Å². The number of hydrogen-bond donors (Lipinski definition) is 1. The first-order chi connectivity index (χ1) is 8.51. The summed E-state index contributed by atoms with van der Waals surface area (Å²) in [7, 11) is 1.47. The summed E-state index contributed by atoms with van der Waals surface area (Å²) < 4.78 is 4.90. The van der Waals surface area contributed by atoms with Crippen LogP contribution in [0.1, 0.15) is 40.0 Å². The van der Waals surface area contributed by atoms with Gasteiger partial charge < -0.3 is 10.1 Å². The summed E-state index contributed by atoms with van der Waals surface area (Å²) in [5.74, 6) is -0.118. The fourth-order valence-corrected chi connectivity index (χ4v) is 2.67. The summed E-state index contributed by atoms with van der Waals surface area (Å²) in [6.07, 6.45) is 3.57. The van der Waals surface area contributed by atoms with Crippen molar-refractivity contribution in [2.24, 2.45) is 5.41 Å². The molecule has 18 heavy (non-hydrogen) atoms. The maximum absolute atomic E-state index is 11.8. The predicted octanol–water partition coefficient (Wildman–Crippen LogP) is 1.65. The summed E-state index contributed by atoms with van der Waals surface area (Å²) in [5.41, 5.74) is -0.429. The van der Waals surface area contributed by atoms with E-state index in [-0.39, 0.29) is 5.97 Å². The number of carbonyl (C=O) groups is 1. The Morgan fingerprint density at radius 2 is 2.22 bits per heavy atom. The minimum absolute atomic E-state index is 0.118. The zero-order valence-electron chi connectivity index (χ0n) is 12.3. The van der Waals surface area contributed by atoms with Crippen LogP contribution in [0.4, 0.5) is 0 Å². The highest BCUT2D eigenvalue weighted by Gasteiger charge is 2.33. The maximum Gasteiger partial charge on any atom is 0.312 e. The second-order valence-electron chi connectivity index (χ2n) is 5.85. The minimum Gasteiger partial charge on any atom is -0.469 e. The van der Waals surface area contributed by atoms with Crippen LogP contribution in [-0.4, -0.2) is 50.2 Å². The average Bonchev–Trinajstić information content (AvgIpc) is 2.38. The van der Waals surface area contributed by atoms with Crippen molar-refractivity contribution in [2.75, 3.05) is 33.3 Å². The van der Waals surface area contributed by atoms with Crippen LogP contribution < -0.4 is 5.32 Å². The molecule has 0 aromatic carbocycles. The molecule has 0 radical (unpaired) electrons. The van der Waals surface area contributed by atoms with E-state index >= 15 is 0 Å². The van der Waals surface area contributed by atoms with E-state index in [1.807, 2.05) is 13.8 Å². The molecule has 0 saturated carbocycles. The topological polar surface area (TPSA) is 41.6 Å². The van der Waals surface area contributed by atoms with Crippen molar-refractivity contribution in [2.45, 2.75) is 46.1 Å². The Balaban J connectivity index is 2.63. The average molecular weight is 256 g/mol. The number of hydrogen-bond acceptors (Lipinski definition) is 4. The lowest BCUT2D eigenvalue weighted by Crippen LogP contribution is -2.50. The van der Waals surface area contributed by atoms with Crippen molar-refractivity contribution in [1.29, 1.82) is 0 Å². The van der Waals surface area contributed by atoms with Crippen molar-refractivity contribution in [3.63, 3.8) is 0 Å². The van der Waals surface area contributed by atoms with E-state index in [9.17, 15) is 4.79 Å². The number of nitrogens with one attached hydrogen (secondary N) is 1. The third-order valence-electron chi connectivity index (χ3n) is 3.63. The fourth-order valence-electron chi connectivity index (χ4n) is 2.67. The molecule has 0 amide bonds. The van der Waals surface area contributed by atoms with Gasteiger partial charge in [-0.3, -0.25) is 9.69 Å². The van der Waals surface area contributed by atoms with Crippen molar-refractivity contribution >= 4 is 5.97 Å². The van der Waals surface area contributed by atoms with Crippen LogP contribution in [0.2, 0.25) is 0 Å². The van der Waals surface area contributed by atoms with E-state index in [2.05, 4.69) is 17.1 Å². The van der Waals surface area contributed by atoms with Gasteiger partial charge in [-0.1, -0.05) is 6.92 Å². The molecule has 1 N–H and O–H groups in total. The molecule has 1 rings (SSSR count). The van der Waals surface area contributed by atoms with Gasteiger partial charge in [0.2, 0.25) is 0 Å². The number of esters is 1. The molecule has 106 valence electrons.